The maximum absolute atomic E-state index is 4.76. The third-order valence-electron chi connectivity index (χ3n) is 2.38. The van der Waals surface area contributed by atoms with Crippen LogP contribution in [-0.2, 0) is 0 Å². The number of nitrogens with zero attached hydrogens (tertiary/aromatic N) is 2. The van der Waals surface area contributed by atoms with E-state index in [2.05, 4.69) is 41.4 Å². The third-order valence-corrected chi connectivity index (χ3v) is 6.31. The molecule has 0 atom stereocenters. The number of hydrogen-bond acceptors (Lipinski definition) is 2. The SMILES string of the molecule is CC1=N[Se](c2ccccc2)c2[nH]ncc21. The molecule has 0 saturated carbocycles. The number of aromatic nitrogens is 2. The van der Waals surface area contributed by atoms with Crippen molar-refractivity contribution in [3.05, 3.63) is 42.1 Å². The molecule has 1 aromatic carbocycles. The van der Waals surface area contributed by atoms with Gasteiger partial charge in [-0.15, -0.1) is 0 Å². The van der Waals surface area contributed by atoms with Crippen molar-refractivity contribution in [1.29, 1.82) is 0 Å². The van der Waals surface area contributed by atoms with Crippen LogP contribution in [-0.4, -0.2) is 30.0 Å². The molecular weight excluding hydrogens is 253 g/mol. The third kappa shape index (κ3) is 1.34. The molecule has 1 aliphatic rings. The number of hydrogen-bond donors (Lipinski definition) is 1. The first-order valence-corrected chi connectivity index (χ1v) is 7.22. The Morgan fingerprint density at radius 3 is 2.80 bits per heavy atom. The van der Waals surface area contributed by atoms with Gasteiger partial charge in [-0.3, -0.25) is 0 Å². The van der Waals surface area contributed by atoms with Gasteiger partial charge in [-0.05, 0) is 0 Å². The molecule has 3 nitrogen and oxygen atoms in total. The second kappa shape index (κ2) is 3.33. The van der Waals surface area contributed by atoms with Crippen LogP contribution in [0.1, 0.15) is 12.5 Å². The fourth-order valence-electron chi connectivity index (χ4n) is 1.63. The Labute approximate surface area is 92.3 Å². The van der Waals surface area contributed by atoms with E-state index in [0.717, 1.165) is 5.71 Å². The van der Waals surface area contributed by atoms with Crippen LogP contribution in [0.15, 0.2) is 40.5 Å². The number of benzene rings is 1. The van der Waals surface area contributed by atoms with Gasteiger partial charge in [0.2, 0.25) is 0 Å². The first-order chi connectivity index (χ1) is 7.36. The summed E-state index contributed by atoms with van der Waals surface area (Å²) in [6.45, 7) is 2.06. The molecule has 0 bridgehead atoms. The van der Waals surface area contributed by atoms with Gasteiger partial charge in [0, 0.05) is 0 Å². The van der Waals surface area contributed by atoms with Crippen molar-refractivity contribution in [1.82, 2.24) is 10.2 Å². The van der Waals surface area contributed by atoms with Gasteiger partial charge in [0.1, 0.15) is 0 Å². The standard InChI is InChI=1S/C11H10N3Se/c1-8-10-7-12-13-11(10)15(14-8)9-5-3-2-4-6-9/h2-7H,1H3,(H,12,13). The van der Waals surface area contributed by atoms with Crippen LogP contribution in [0.3, 0.4) is 0 Å². The van der Waals surface area contributed by atoms with Crippen molar-refractivity contribution >= 4 is 28.9 Å². The van der Waals surface area contributed by atoms with E-state index < -0.39 is 14.1 Å². The predicted molar refractivity (Wildman–Crippen MR) is 62.3 cm³/mol. The van der Waals surface area contributed by atoms with Gasteiger partial charge in [-0.2, -0.15) is 0 Å². The predicted octanol–water partition coefficient (Wildman–Crippen LogP) is 0.338. The zero-order valence-corrected chi connectivity index (χ0v) is 9.98. The Balaban J connectivity index is 2.12. The van der Waals surface area contributed by atoms with Crippen molar-refractivity contribution < 1.29 is 0 Å². The number of fused-ring (bicyclic) bond motifs is 1. The summed E-state index contributed by atoms with van der Waals surface area (Å²) in [5.41, 5.74) is 2.32. The van der Waals surface area contributed by atoms with Crippen LogP contribution in [0, 0.1) is 0 Å². The van der Waals surface area contributed by atoms with Gasteiger partial charge in [0.25, 0.3) is 0 Å². The molecule has 0 spiro atoms. The molecule has 15 heavy (non-hydrogen) atoms. The van der Waals surface area contributed by atoms with Crippen LogP contribution < -0.4 is 9.05 Å². The van der Waals surface area contributed by atoms with Gasteiger partial charge in [0.05, 0.1) is 0 Å². The van der Waals surface area contributed by atoms with Gasteiger partial charge in [-0.25, -0.2) is 0 Å². The first-order valence-electron chi connectivity index (χ1n) is 4.75. The maximum atomic E-state index is 4.76. The van der Waals surface area contributed by atoms with E-state index in [4.69, 9.17) is 4.01 Å². The minimum absolute atomic E-state index is 1.12. The summed E-state index contributed by atoms with van der Waals surface area (Å²) in [4.78, 5) is 0. The second-order valence-corrected chi connectivity index (χ2v) is 6.81. The van der Waals surface area contributed by atoms with Gasteiger partial charge < -0.3 is 0 Å². The van der Waals surface area contributed by atoms with E-state index in [0.29, 0.717) is 0 Å². The molecular formula is C11H10N3Se. The average Bonchev–Trinajstić information content (AvgIpc) is 2.84. The second-order valence-electron chi connectivity index (χ2n) is 3.39. The van der Waals surface area contributed by atoms with Crippen molar-refractivity contribution in [2.45, 2.75) is 6.92 Å². The van der Waals surface area contributed by atoms with Crippen LogP contribution in [0.2, 0.25) is 0 Å². The molecule has 0 fully saturated rings. The molecule has 0 amide bonds. The van der Waals surface area contributed by atoms with E-state index in [9.17, 15) is 0 Å². The molecule has 0 saturated heterocycles. The molecule has 2 heterocycles. The van der Waals surface area contributed by atoms with Gasteiger partial charge >= 0.3 is 92.1 Å². The van der Waals surface area contributed by atoms with Gasteiger partial charge in [-0.1, -0.05) is 0 Å². The Bertz CT molecular complexity index is 516. The molecule has 0 aliphatic carbocycles. The topological polar surface area (TPSA) is 41.0 Å². The Morgan fingerprint density at radius 2 is 2.00 bits per heavy atom. The van der Waals surface area contributed by atoms with Crippen molar-refractivity contribution in [3.8, 4) is 0 Å². The molecule has 0 unspecified atom stereocenters. The van der Waals surface area contributed by atoms with Crippen LogP contribution in [0.25, 0.3) is 0 Å². The van der Waals surface area contributed by atoms with Crippen molar-refractivity contribution in [3.63, 3.8) is 0 Å². The summed E-state index contributed by atoms with van der Waals surface area (Å²) >= 11 is -1.23. The summed E-state index contributed by atoms with van der Waals surface area (Å²) in [6, 6.07) is 10.5. The number of rotatable bonds is 1. The molecule has 3 rings (SSSR count). The summed E-state index contributed by atoms with van der Waals surface area (Å²) in [6.07, 6.45) is 1.88. The van der Waals surface area contributed by atoms with Crippen LogP contribution in [0.4, 0.5) is 0 Å². The van der Waals surface area contributed by atoms with E-state index in [1.54, 1.807) is 0 Å². The molecule has 1 radical (unpaired) electrons. The average molecular weight is 263 g/mol. The molecule has 1 N–H and O–H groups in total. The molecule has 1 aromatic heterocycles. The van der Waals surface area contributed by atoms with E-state index in [-0.39, 0.29) is 0 Å². The Kier molecular flexibility index (Phi) is 1.97. The minimum atomic E-state index is -1.23. The summed E-state index contributed by atoms with van der Waals surface area (Å²) in [5, 5.41) is 7.18. The van der Waals surface area contributed by atoms with E-state index >= 15 is 0 Å². The number of aromatic amines is 1. The number of H-pyrrole nitrogens is 1. The zero-order valence-electron chi connectivity index (χ0n) is 8.27. The fraction of sp³-hybridized carbons (Fsp3) is 0.0909. The van der Waals surface area contributed by atoms with E-state index in [1.165, 1.54) is 14.6 Å². The zero-order chi connectivity index (χ0) is 10.3. The van der Waals surface area contributed by atoms with E-state index in [1.807, 2.05) is 12.3 Å². The Morgan fingerprint density at radius 1 is 1.20 bits per heavy atom. The summed E-state index contributed by atoms with van der Waals surface area (Å²) < 4.78 is 7.33. The number of nitrogens with one attached hydrogen (secondary N) is 1. The van der Waals surface area contributed by atoms with Crippen LogP contribution in [0.5, 0.6) is 0 Å². The summed E-state index contributed by atoms with van der Waals surface area (Å²) in [5.74, 6) is 0. The normalized spacial score (nSPS) is 15.1. The van der Waals surface area contributed by atoms with Gasteiger partial charge in [0.15, 0.2) is 0 Å². The molecule has 75 valence electrons. The Hall–Kier alpha value is -1.38. The fourth-order valence-corrected chi connectivity index (χ4v) is 5.34. The molecule has 1 aliphatic heterocycles. The first kappa shape index (κ1) is 8.89. The molecule has 2 aromatic rings. The monoisotopic (exact) mass is 264 g/mol. The summed E-state index contributed by atoms with van der Waals surface area (Å²) in [7, 11) is 0. The van der Waals surface area contributed by atoms with Crippen molar-refractivity contribution in [2.75, 3.05) is 0 Å². The van der Waals surface area contributed by atoms with Crippen LogP contribution >= 0.6 is 0 Å². The quantitative estimate of drug-likeness (QED) is 0.740. The van der Waals surface area contributed by atoms with Crippen molar-refractivity contribution in [2.24, 2.45) is 4.01 Å². The molecule has 4 heteroatoms.